The molecule has 0 bridgehead atoms. The molecule has 66 heavy (non-hydrogen) atoms. The molecule has 4 heteroatoms. The predicted molar refractivity (Wildman–Crippen MR) is 278 cm³/mol. The first-order chi connectivity index (χ1) is 32.3. The maximum Gasteiger partial charge on any atom is 0.159 e. The molecule has 0 radical (unpaired) electrons. The Kier molecular flexibility index (Phi) is 8.26. The lowest BCUT2D eigenvalue weighted by atomic mass is 9.69. The maximum absolute atomic E-state index is 6.68. The number of anilines is 6. The SMILES string of the molecule is Cc1ccccc1N(c1ccc2c(C)c3c(c(C)c2c1)-c1c-3c(C)c2ccc(N(c3ccccc3C)c3cccc4c3oc3ccccc34)cc2c1C)c1cccc2c1oc1ccccc12. The molecule has 0 saturated carbocycles. The van der Waals surface area contributed by atoms with Crippen LogP contribution in [0.15, 0.2) is 179 Å². The summed E-state index contributed by atoms with van der Waals surface area (Å²) in [4.78, 5) is 4.77. The number of nitrogens with zero attached hydrogens (tertiary/aromatic N) is 2. The molecule has 4 nitrogen and oxygen atoms in total. The summed E-state index contributed by atoms with van der Waals surface area (Å²) in [5.74, 6) is 0. The van der Waals surface area contributed by atoms with Crippen molar-refractivity contribution >= 4 is 99.5 Å². The summed E-state index contributed by atoms with van der Waals surface area (Å²) < 4.78 is 13.4. The van der Waals surface area contributed by atoms with Crippen molar-refractivity contribution in [2.75, 3.05) is 9.80 Å². The third-order valence-electron chi connectivity index (χ3n) is 14.6. The van der Waals surface area contributed by atoms with Gasteiger partial charge in [0.2, 0.25) is 0 Å². The molecule has 0 atom stereocenters. The van der Waals surface area contributed by atoms with Crippen LogP contribution in [0.5, 0.6) is 0 Å². The van der Waals surface area contributed by atoms with Crippen LogP contribution in [0, 0.1) is 41.5 Å². The van der Waals surface area contributed by atoms with E-state index in [4.69, 9.17) is 8.83 Å². The van der Waals surface area contributed by atoms with Crippen LogP contribution in [-0.2, 0) is 0 Å². The van der Waals surface area contributed by atoms with Gasteiger partial charge in [0, 0.05) is 44.3 Å². The Morgan fingerprint density at radius 3 is 1.06 bits per heavy atom. The molecule has 0 N–H and O–H groups in total. The van der Waals surface area contributed by atoms with Gasteiger partial charge in [-0.25, -0.2) is 0 Å². The highest BCUT2D eigenvalue weighted by molar-refractivity contribution is 6.20. The fraction of sp³-hybridized carbons (Fsp3) is 0.0968. The lowest BCUT2D eigenvalue weighted by molar-refractivity contribution is 0.668. The van der Waals surface area contributed by atoms with Crippen molar-refractivity contribution in [2.24, 2.45) is 0 Å². The lowest BCUT2D eigenvalue weighted by Crippen LogP contribution is -2.13. The quantitative estimate of drug-likeness (QED) is 0.167. The summed E-state index contributed by atoms with van der Waals surface area (Å²) in [5, 5.41) is 9.57. The average molecular weight is 851 g/mol. The van der Waals surface area contributed by atoms with Gasteiger partial charge in [0.25, 0.3) is 0 Å². The second kappa shape index (κ2) is 14.2. The van der Waals surface area contributed by atoms with E-state index in [-0.39, 0.29) is 0 Å². The Morgan fingerprint density at radius 2 is 0.636 bits per heavy atom. The van der Waals surface area contributed by atoms with Crippen LogP contribution < -0.4 is 9.80 Å². The highest BCUT2D eigenvalue weighted by atomic mass is 16.3. The molecule has 0 aliphatic heterocycles. The van der Waals surface area contributed by atoms with Crippen molar-refractivity contribution in [1.29, 1.82) is 0 Å². The van der Waals surface area contributed by atoms with Crippen molar-refractivity contribution in [1.82, 2.24) is 0 Å². The van der Waals surface area contributed by atoms with Gasteiger partial charge < -0.3 is 18.6 Å². The molecule has 2 heterocycles. The van der Waals surface area contributed by atoms with Crippen molar-refractivity contribution in [3.8, 4) is 22.3 Å². The van der Waals surface area contributed by atoms with Gasteiger partial charge in [-0.05, 0) is 179 Å². The second-order valence-electron chi connectivity index (χ2n) is 18.2. The van der Waals surface area contributed by atoms with E-state index in [1.165, 1.54) is 77.2 Å². The number of hydrogen-bond acceptors (Lipinski definition) is 4. The van der Waals surface area contributed by atoms with Crippen LogP contribution in [0.25, 0.3) is 87.7 Å². The monoisotopic (exact) mass is 850 g/mol. The number of furan rings is 2. The van der Waals surface area contributed by atoms with Crippen LogP contribution in [0.2, 0.25) is 0 Å². The summed E-state index contributed by atoms with van der Waals surface area (Å²) in [5.41, 5.74) is 23.2. The topological polar surface area (TPSA) is 32.8 Å². The average Bonchev–Trinajstić information content (AvgIpc) is 3.91. The van der Waals surface area contributed by atoms with Crippen LogP contribution in [0.3, 0.4) is 0 Å². The Balaban J connectivity index is 0.998. The minimum atomic E-state index is 0.883. The number of benzene rings is 10. The normalized spacial score (nSPS) is 12.1. The lowest BCUT2D eigenvalue weighted by Gasteiger charge is -2.35. The summed E-state index contributed by atoms with van der Waals surface area (Å²) in [6, 6.07) is 61.1. The Morgan fingerprint density at radius 1 is 0.288 bits per heavy atom. The van der Waals surface area contributed by atoms with Gasteiger partial charge in [0.15, 0.2) is 11.2 Å². The molecule has 0 unspecified atom stereocenters. The largest absolute Gasteiger partial charge is 0.454 e. The van der Waals surface area contributed by atoms with Gasteiger partial charge in [-0.15, -0.1) is 0 Å². The van der Waals surface area contributed by atoms with Gasteiger partial charge in [0.05, 0.1) is 11.4 Å². The summed E-state index contributed by atoms with van der Waals surface area (Å²) in [6.45, 7) is 13.7. The minimum Gasteiger partial charge on any atom is -0.454 e. The zero-order valence-electron chi connectivity index (χ0n) is 37.9. The molecule has 316 valence electrons. The van der Waals surface area contributed by atoms with Gasteiger partial charge in [-0.1, -0.05) is 109 Å². The molecular formula is C62H46N2O2. The van der Waals surface area contributed by atoms with Crippen LogP contribution in [0.4, 0.5) is 34.1 Å². The summed E-state index contributed by atoms with van der Waals surface area (Å²) >= 11 is 0. The van der Waals surface area contributed by atoms with E-state index < -0.39 is 0 Å². The van der Waals surface area contributed by atoms with Crippen LogP contribution >= 0.6 is 0 Å². The third kappa shape index (κ3) is 5.33. The third-order valence-corrected chi connectivity index (χ3v) is 14.6. The van der Waals surface area contributed by atoms with Gasteiger partial charge in [-0.2, -0.15) is 0 Å². The van der Waals surface area contributed by atoms with Gasteiger partial charge >= 0.3 is 0 Å². The van der Waals surface area contributed by atoms with E-state index in [9.17, 15) is 0 Å². The van der Waals surface area contributed by atoms with E-state index in [1.54, 1.807) is 0 Å². The molecule has 13 rings (SSSR count). The Labute approximate surface area is 383 Å². The first kappa shape index (κ1) is 38.4. The smallest absolute Gasteiger partial charge is 0.159 e. The van der Waals surface area contributed by atoms with E-state index in [0.29, 0.717) is 0 Å². The molecule has 1 aliphatic rings. The van der Waals surface area contributed by atoms with E-state index >= 15 is 0 Å². The number of para-hydroxylation sites is 6. The maximum atomic E-state index is 6.68. The molecular weight excluding hydrogens is 805 g/mol. The number of rotatable bonds is 6. The molecule has 0 fully saturated rings. The highest BCUT2D eigenvalue weighted by Crippen LogP contribution is 2.59. The van der Waals surface area contributed by atoms with Gasteiger partial charge in [0.1, 0.15) is 11.2 Å². The zero-order chi connectivity index (χ0) is 44.5. The molecule has 10 aromatic carbocycles. The predicted octanol–water partition coefficient (Wildman–Crippen LogP) is 18.2. The van der Waals surface area contributed by atoms with Crippen molar-refractivity contribution in [3.05, 3.63) is 203 Å². The van der Waals surface area contributed by atoms with Crippen LogP contribution in [0.1, 0.15) is 33.4 Å². The first-order valence-electron chi connectivity index (χ1n) is 22.9. The number of aryl methyl sites for hydroxylation is 6. The second-order valence-corrected chi connectivity index (χ2v) is 18.2. The van der Waals surface area contributed by atoms with Gasteiger partial charge in [-0.3, -0.25) is 0 Å². The number of hydrogen-bond donors (Lipinski definition) is 0. The van der Waals surface area contributed by atoms with Crippen molar-refractivity contribution in [2.45, 2.75) is 41.5 Å². The zero-order valence-corrected chi connectivity index (χ0v) is 37.9. The van der Waals surface area contributed by atoms with E-state index in [1.807, 2.05) is 12.1 Å². The standard InChI is InChI=1S/C62H46N2O2/c1-35-17-7-11-23-51(35)63(53-25-15-21-47-45-19-9-13-27-55(45)65-61(47)53)41-29-31-43-37(3)57-58-38(4)44-32-30-42(34-50(44)40(6)60(58)59(57)39(5)49(43)33-41)64(52-24-12-8-18-36(52)2)54-26-16-22-48-46-20-10-14-28-56(46)66-62(48)54/h7-34H,1-6H3. The minimum absolute atomic E-state index is 0.883. The van der Waals surface area contributed by atoms with E-state index in [0.717, 1.165) is 78.0 Å². The first-order valence-corrected chi connectivity index (χ1v) is 22.9. The molecule has 1 aliphatic carbocycles. The summed E-state index contributed by atoms with van der Waals surface area (Å²) in [7, 11) is 0. The molecule has 12 aromatic rings. The Hall–Kier alpha value is -8.08. The molecule has 0 amide bonds. The fourth-order valence-electron chi connectivity index (χ4n) is 11.4. The Bertz CT molecular complexity index is 3770. The number of fused-ring (bicyclic) bond motifs is 12. The molecule has 0 saturated heterocycles. The molecule has 2 aromatic heterocycles. The van der Waals surface area contributed by atoms with E-state index in [2.05, 4.69) is 209 Å². The fourth-order valence-corrected chi connectivity index (χ4v) is 11.4. The highest BCUT2D eigenvalue weighted by Gasteiger charge is 2.34. The molecule has 0 spiro atoms. The summed E-state index contributed by atoms with van der Waals surface area (Å²) in [6.07, 6.45) is 0. The van der Waals surface area contributed by atoms with Crippen molar-refractivity contribution in [3.63, 3.8) is 0 Å². The van der Waals surface area contributed by atoms with Crippen molar-refractivity contribution < 1.29 is 8.83 Å². The van der Waals surface area contributed by atoms with Crippen LogP contribution in [-0.4, -0.2) is 0 Å².